The first kappa shape index (κ1) is 9.19. The van der Waals surface area contributed by atoms with Crippen molar-refractivity contribution < 1.29 is 4.74 Å². The summed E-state index contributed by atoms with van der Waals surface area (Å²) in [6, 6.07) is 0. The standard InChI is InChI=1S/C8H9BrN2O/c1-3-12-6(2)7-4-10-5-11-8(7)9/h4-5H,2-3H2,1H3. The highest BCUT2D eigenvalue weighted by atomic mass is 79.9. The minimum atomic E-state index is 0.588. The van der Waals surface area contributed by atoms with Crippen LogP contribution in [0.15, 0.2) is 23.7 Å². The highest BCUT2D eigenvalue weighted by Gasteiger charge is 2.04. The number of hydrogen-bond donors (Lipinski definition) is 0. The van der Waals surface area contributed by atoms with Crippen molar-refractivity contribution in [2.24, 2.45) is 0 Å². The van der Waals surface area contributed by atoms with Gasteiger partial charge in [0, 0.05) is 6.20 Å². The topological polar surface area (TPSA) is 35.0 Å². The SMILES string of the molecule is C=C(OCC)c1cncnc1Br. The predicted octanol–water partition coefficient (Wildman–Crippen LogP) is 2.25. The van der Waals surface area contributed by atoms with Gasteiger partial charge in [-0.15, -0.1) is 0 Å². The zero-order valence-corrected chi connectivity index (χ0v) is 8.34. The molecule has 0 bridgehead atoms. The Morgan fingerprint density at radius 3 is 3.08 bits per heavy atom. The van der Waals surface area contributed by atoms with E-state index < -0.39 is 0 Å². The summed E-state index contributed by atoms with van der Waals surface area (Å²) < 4.78 is 5.91. The molecule has 0 aliphatic carbocycles. The van der Waals surface area contributed by atoms with Crippen molar-refractivity contribution in [1.29, 1.82) is 0 Å². The van der Waals surface area contributed by atoms with Crippen molar-refractivity contribution in [2.75, 3.05) is 6.61 Å². The molecule has 0 radical (unpaired) electrons. The van der Waals surface area contributed by atoms with E-state index in [4.69, 9.17) is 4.74 Å². The lowest BCUT2D eigenvalue weighted by Gasteiger charge is -2.06. The van der Waals surface area contributed by atoms with Gasteiger partial charge in [-0.3, -0.25) is 0 Å². The van der Waals surface area contributed by atoms with Crippen molar-refractivity contribution in [1.82, 2.24) is 9.97 Å². The van der Waals surface area contributed by atoms with Crippen molar-refractivity contribution in [3.8, 4) is 0 Å². The number of halogens is 1. The molecule has 0 aliphatic rings. The van der Waals surface area contributed by atoms with Gasteiger partial charge in [0.1, 0.15) is 16.7 Å². The minimum Gasteiger partial charge on any atom is -0.494 e. The van der Waals surface area contributed by atoms with Gasteiger partial charge in [-0.2, -0.15) is 0 Å². The van der Waals surface area contributed by atoms with Gasteiger partial charge < -0.3 is 4.74 Å². The number of hydrogen-bond acceptors (Lipinski definition) is 3. The first-order valence-corrected chi connectivity index (χ1v) is 4.32. The van der Waals surface area contributed by atoms with E-state index >= 15 is 0 Å². The molecule has 4 heteroatoms. The Hall–Kier alpha value is -0.900. The molecule has 64 valence electrons. The molecule has 1 heterocycles. The van der Waals surface area contributed by atoms with Crippen LogP contribution in [0.5, 0.6) is 0 Å². The summed E-state index contributed by atoms with van der Waals surface area (Å²) in [6.45, 7) is 6.25. The molecule has 0 aliphatic heterocycles. The van der Waals surface area contributed by atoms with Crippen LogP contribution in [0.3, 0.4) is 0 Å². The van der Waals surface area contributed by atoms with Gasteiger partial charge in [0.15, 0.2) is 0 Å². The van der Waals surface area contributed by atoms with Gasteiger partial charge in [0.2, 0.25) is 0 Å². The third-order valence-corrected chi connectivity index (χ3v) is 1.91. The Balaban J connectivity index is 2.87. The van der Waals surface area contributed by atoms with Crippen LogP contribution < -0.4 is 0 Å². The molecule has 0 aromatic carbocycles. The predicted molar refractivity (Wildman–Crippen MR) is 50.4 cm³/mol. The Kier molecular flexibility index (Phi) is 3.22. The largest absolute Gasteiger partial charge is 0.494 e. The molecule has 1 rings (SSSR count). The molecule has 0 saturated heterocycles. The zero-order valence-electron chi connectivity index (χ0n) is 6.75. The number of nitrogens with zero attached hydrogens (tertiary/aromatic N) is 2. The third-order valence-electron chi connectivity index (χ3n) is 1.28. The Labute approximate surface area is 79.6 Å². The maximum Gasteiger partial charge on any atom is 0.123 e. The van der Waals surface area contributed by atoms with E-state index in [1.807, 2.05) is 6.92 Å². The number of rotatable bonds is 3. The first-order valence-electron chi connectivity index (χ1n) is 3.53. The van der Waals surface area contributed by atoms with Gasteiger partial charge >= 0.3 is 0 Å². The fourth-order valence-electron chi connectivity index (χ4n) is 0.754. The summed E-state index contributed by atoms with van der Waals surface area (Å²) in [7, 11) is 0. The average Bonchev–Trinajstić information content (AvgIpc) is 2.05. The second-order valence-electron chi connectivity index (χ2n) is 2.08. The maximum atomic E-state index is 5.20. The van der Waals surface area contributed by atoms with Crippen molar-refractivity contribution in [2.45, 2.75) is 6.92 Å². The van der Waals surface area contributed by atoms with E-state index in [2.05, 4.69) is 32.5 Å². The highest BCUT2D eigenvalue weighted by Crippen LogP contribution is 2.19. The van der Waals surface area contributed by atoms with Gasteiger partial charge in [-0.1, -0.05) is 6.58 Å². The molecule has 0 spiro atoms. The lowest BCUT2D eigenvalue weighted by molar-refractivity contribution is 0.298. The summed E-state index contributed by atoms with van der Waals surface area (Å²) in [5, 5.41) is 0. The van der Waals surface area contributed by atoms with Crippen LogP contribution in [0, 0.1) is 0 Å². The van der Waals surface area contributed by atoms with E-state index in [0.29, 0.717) is 17.0 Å². The van der Waals surface area contributed by atoms with Crippen molar-refractivity contribution in [3.63, 3.8) is 0 Å². The fourth-order valence-corrected chi connectivity index (χ4v) is 1.17. The van der Waals surface area contributed by atoms with Crippen molar-refractivity contribution in [3.05, 3.63) is 29.3 Å². The summed E-state index contributed by atoms with van der Waals surface area (Å²) >= 11 is 3.27. The molecule has 1 aromatic heterocycles. The maximum absolute atomic E-state index is 5.20. The molecule has 0 N–H and O–H groups in total. The van der Waals surface area contributed by atoms with Crippen LogP contribution in [0.4, 0.5) is 0 Å². The quantitative estimate of drug-likeness (QED) is 0.588. The van der Waals surface area contributed by atoms with Gasteiger partial charge in [0.05, 0.1) is 12.2 Å². The molecule has 0 amide bonds. The summed E-state index contributed by atoms with van der Waals surface area (Å²) in [5.41, 5.74) is 0.791. The molecule has 1 aromatic rings. The molecule has 12 heavy (non-hydrogen) atoms. The van der Waals surface area contributed by atoms with E-state index in [0.717, 1.165) is 5.56 Å². The molecule has 0 unspecified atom stereocenters. The fraction of sp³-hybridized carbons (Fsp3) is 0.250. The van der Waals surface area contributed by atoms with Crippen LogP contribution in [0.2, 0.25) is 0 Å². The van der Waals surface area contributed by atoms with E-state index in [9.17, 15) is 0 Å². The molecular formula is C8H9BrN2O. The number of aromatic nitrogens is 2. The van der Waals surface area contributed by atoms with Crippen LogP contribution in [0.25, 0.3) is 5.76 Å². The van der Waals surface area contributed by atoms with Crippen LogP contribution in [-0.2, 0) is 4.74 Å². The number of ether oxygens (including phenoxy) is 1. The van der Waals surface area contributed by atoms with E-state index in [1.165, 1.54) is 6.33 Å². The van der Waals surface area contributed by atoms with Gasteiger partial charge in [0.25, 0.3) is 0 Å². The second kappa shape index (κ2) is 4.21. The van der Waals surface area contributed by atoms with Crippen LogP contribution in [-0.4, -0.2) is 16.6 Å². The van der Waals surface area contributed by atoms with Crippen LogP contribution in [0.1, 0.15) is 12.5 Å². The molecule has 0 fully saturated rings. The Bertz CT molecular complexity index is 288. The summed E-state index contributed by atoms with van der Waals surface area (Å²) in [6.07, 6.45) is 3.13. The lowest BCUT2D eigenvalue weighted by atomic mass is 10.3. The average molecular weight is 229 g/mol. The first-order chi connectivity index (χ1) is 5.75. The molecule has 0 atom stereocenters. The smallest absolute Gasteiger partial charge is 0.123 e. The molecule has 0 saturated carbocycles. The monoisotopic (exact) mass is 228 g/mol. The normalized spacial score (nSPS) is 9.50. The Morgan fingerprint density at radius 2 is 2.50 bits per heavy atom. The lowest BCUT2D eigenvalue weighted by Crippen LogP contribution is -1.93. The van der Waals surface area contributed by atoms with E-state index in [-0.39, 0.29) is 0 Å². The molecule has 3 nitrogen and oxygen atoms in total. The second-order valence-corrected chi connectivity index (χ2v) is 2.83. The van der Waals surface area contributed by atoms with Crippen LogP contribution >= 0.6 is 15.9 Å². The van der Waals surface area contributed by atoms with Crippen molar-refractivity contribution >= 4 is 21.7 Å². The molecular weight excluding hydrogens is 220 g/mol. The Morgan fingerprint density at radius 1 is 1.75 bits per heavy atom. The zero-order chi connectivity index (χ0) is 8.97. The van der Waals surface area contributed by atoms with Gasteiger partial charge in [-0.25, -0.2) is 9.97 Å². The van der Waals surface area contributed by atoms with E-state index in [1.54, 1.807) is 6.20 Å². The third kappa shape index (κ3) is 2.04. The summed E-state index contributed by atoms with van der Waals surface area (Å²) in [4.78, 5) is 7.81. The highest BCUT2D eigenvalue weighted by molar-refractivity contribution is 9.10. The minimum absolute atomic E-state index is 0.588. The van der Waals surface area contributed by atoms with Gasteiger partial charge in [-0.05, 0) is 22.9 Å². The summed E-state index contributed by atoms with van der Waals surface area (Å²) in [5.74, 6) is 0.588.